The van der Waals surface area contributed by atoms with Crippen LogP contribution in [0.2, 0.25) is 0 Å². The number of amides is 4. The minimum Gasteiger partial charge on any atom is -0.330 e. The van der Waals surface area contributed by atoms with Gasteiger partial charge < -0.3 is 4.84 Å². The molecule has 3 fully saturated rings. The van der Waals surface area contributed by atoms with Crippen molar-refractivity contribution in [2.24, 2.45) is 16.7 Å². The molecule has 4 atom stereocenters. The van der Waals surface area contributed by atoms with E-state index >= 15 is 0 Å². The van der Waals surface area contributed by atoms with E-state index < -0.39 is 57.1 Å². The maximum atomic E-state index is 14.4. The summed E-state index contributed by atoms with van der Waals surface area (Å²) in [6.45, 7) is 3.12. The molecule has 6 rings (SSSR count). The van der Waals surface area contributed by atoms with E-state index in [1.807, 2.05) is 60.7 Å². The van der Waals surface area contributed by atoms with Gasteiger partial charge in [0, 0.05) is 19.4 Å². The van der Waals surface area contributed by atoms with Gasteiger partial charge in [0.25, 0.3) is 11.8 Å². The first-order valence-corrected chi connectivity index (χ1v) is 13.8. The average molecular weight is 605 g/mol. The van der Waals surface area contributed by atoms with Gasteiger partial charge >= 0.3 is 5.97 Å². The van der Waals surface area contributed by atoms with Crippen molar-refractivity contribution in [1.82, 2.24) is 9.96 Å². The lowest BCUT2D eigenvalue weighted by Gasteiger charge is -2.41. The predicted octanol–water partition coefficient (Wildman–Crippen LogP) is 3.32. The van der Waals surface area contributed by atoms with Gasteiger partial charge in [-0.1, -0.05) is 76.6 Å². The number of fused-ring (bicyclic) bond motifs is 5. The van der Waals surface area contributed by atoms with E-state index in [0.29, 0.717) is 16.2 Å². The van der Waals surface area contributed by atoms with Gasteiger partial charge in [0.1, 0.15) is 4.32 Å². The van der Waals surface area contributed by atoms with E-state index in [1.165, 1.54) is 0 Å². The minimum absolute atomic E-state index is 0.0469. The number of benzene rings is 2. The Morgan fingerprint density at radius 1 is 0.875 bits per heavy atom. The Bertz CT molecular complexity index is 1540. The van der Waals surface area contributed by atoms with Gasteiger partial charge in [-0.15, -0.1) is 5.06 Å². The van der Waals surface area contributed by atoms with Crippen LogP contribution in [0, 0.1) is 16.7 Å². The summed E-state index contributed by atoms with van der Waals surface area (Å²) < 4.78 is -1.57. The maximum Gasteiger partial charge on any atom is 0.335 e. The summed E-state index contributed by atoms with van der Waals surface area (Å²) in [5.41, 5.74) is 0.239. The maximum absolute atomic E-state index is 14.4. The number of hydrogen-bond acceptors (Lipinski definition) is 7. The Kier molecular flexibility index (Phi) is 5.78. The minimum atomic E-state index is -1.57. The second kappa shape index (κ2) is 8.79. The Balaban J connectivity index is 1.40. The zero-order chi connectivity index (χ0) is 28.6. The van der Waals surface area contributed by atoms with Gasteiger partial charge in [-0.05, 0) is 36.1 Å². The fourth-order valence-electron chi connectivity index (χ4n) is 7.08. The molecule has 1 saturated carbocycles. The number of ketones is 1. The van der Waals surface area contributed by atoms with Crippen molar-refractivity contribution in [1.29, 1.82) is 0 Å². The first-order chi connectivity index (χ1) is 19.0. The molecule has 204 valence electrons. The average Bonchev–Trinajstić information content (AvgIpc) is 3.48. The normalized spacial score (nSPS) is 31.1. The van der Waals surface area contributed by atoms with Crippen LogP contribution in [0.3, 0.4) is 0 Å². The summed E-state index contributed by atoms with van der Waals surface area (Å²) in [6, 6.07) is 18.8. The molecule has 9 nitrogen and oxygen atoms in total. The Hall–Kier alpha value is -3.92. The summed E-state index contributed by atoms with van der Waals surface area (Å²) in [4.78, 5) is 84.5. The summed E-state index contributed by atoms with van der Waals surface area (Å²) in [5, 5.41) is 0.430. The van der Waals surface area contributed by atoms with Crippen LogP contribution in [-0.4, -0.2) is 56.2 Å². The number of hydrogen-bond donors (Lipinski definition) is 0. The molecule has 4 unspecified atom stereocenters. The van der Waals surface area contributed by atoms with Crippen molar-refractivity contribution < 1.29 is 33.6 Å². The predicted molar refractivity (Wildman–Crippen MR) is 145 cm³/mol. The number of Topliss-reactive ketones (excluding diaryl/α,β-unsaturated/α-hetero) is 1. The number of allylic oxidation sites excluding steroid dienone is 2. The fraction of sp³-hybridized carbons (Fsp3) is 0.333. The van der Waals surface area contributed by atoms with Crippen LogP contribution in [0.1, 0.15) is 44.2 Å². The zero-order valence-electron chi connectivity index (χ0n) is 21.8. The second-order valence-corrected chi connectivity index (χ2v) is 12.1. The molecule has 0 spiro atoms. The highest BCUT2D eigenvalue weighted by molar-refractivity contribution is 9.10. The Labute approximate surface area is 238 Å². The van der Waals surface area contributed by atoms with Gasteiger partial charge in [0.05, 0.1) is 23.2 Å². The van der Waals surface area contributed by atoms with E-state index in [9.17, 15) is 28.8 Å². The van der Waals surface area contributed by atoms with Crippen LogP contribution >= 0.6 is 15.9 Å². The number of alkyl halides is 1. The highest BCUT2D eigenvalue weighted by atomic mass is 79.9. The van der Waals surface area contributed by atoms with Crippen LogP contribution in [0.25, 0.3) is 11.1 Å². The van der Waals surface area contributed by atoms with Crippen molar-refractivity contribution in [3.05, 3.63) is 71.8 Å². The van der Waals surface area contributed by atoms with Crippen molar-refractivity contribution in [3.8, 4) is 0 Å². The van der Waals surface area contributed by atoms with E-state index in [1.54, 1.807) is 13.8 Å². The molecule has 10 heteroatoms. The number of imide groups is 2. The van der Waals surface area contributed by atoms with Crippen molar-refractivity contribution >= 4 is 62.5 Å². The number of nitrogens with zero attached hydrogens (tertiary/aromatic N) is 2. The van der Waals surface area contributed by atoms with Crippen molar-refractivity contribution in [3.63, 3.8) is 0 Å². The van der Waals surface area contributed by atoms with Gasteiger partial charge in [0.2, 0.25) is 11.8 Å². The summed E-state index contributed by atoms with van der Waals surface area (Å²) in [6.07, 6.45) is -0.514. The molecule has 4 amide bonds. The third kappa shape index (κ3) is 3.13. The monoisotopic (exact) mass is 604 g/mol. The molecule has 0 aromatic heterocycles. The van der Waals surface area contributed by atoms with Gasteiger partial charge in [-0.25, -0.2) is 4.79 Å². The van der Waals surface area contributed by atoms with Gasteiger partial charge in [-0.3, -0.25) is 28.9 Å². The number of likely N-dealkylation sites (tertiary alicyclic amines) is 1. The van der Waals surface area contributed by atoms with Crippen LogP contribution in [0.4, 0.5) is 0 Å². The molecule has 0 radical (unpaired) electrons. The molecule has 4 aliphatic rings. The van der Waals surface area contributed by atoms with Crippen LogP contribution in [0.15, 0.2) is 60.7 Å². The number of carbonyl (C=O) groups is 6. The molecule has 40 heavy (non-hydrogen) atoms. The van der Waals surface area contributed by atoms with Gasteiger partial charge in [0.15, 0.2) is 5.78 Å². The van der Waals surface area contributed by atoms with Crippen molar-refractivity contribution in [2.45, 2.75) is 37.4 Å². The summed E-state index contributed by atoms with van der Waals surface area (Å²) in [7, 11) is 0. The summed E-state index contributed by atoms with van der Waals surface area (Å²) in [5.74, 6) is -4.60. The highest BCUT2D eigenvalue weighted by Gasteiger charge is 2.85. The third-order valence-corrected chi connectivity index (χ3v) is 10.4. The molecular weight excluding hydrogens is 580 g/mol. The topological polar surface area (TPSA) is 118 Å². The molecule has 0 N–H and O–H groups in total. The fourth-order valence-corrected chi connectivity index (χ4v) is 8.32. The lowest BCUT2D eigenvalue weighted by atomic mass is 9.63. The first-order valence-electron chi connectivity index (χ1n) is 13.0. The lowest BCUT2D eigenvalue weighted by molar-refractivity contribution is -0.197. The van der Waals surface area contributed by atoms with E-state index in [-0.39, 0.29) is 25.2 Å². The molecule has 2 saturated heterocycles. The van der Waals surface area contributed by atoms with E-state index in [2.05, 4.69) is 15.9 Å². The Morgan fingerprint density at radius 2 is 1.40 bits per heavy atom. The molecule has 2 aliphatic heterocycles. The van der Waals surface area contributed by atoms with Crippen LogP contribution < -0.4 is 0 Å². The van der Waals surface area contributed by atoms with Crippen LogP contribution in [-0.2, 0) is 33.6 Å². The number of hydroxylamine groups is 2. The standard InChI is InChI=1S/C30H25BrN2O7/c1-28-22(17-9-5-3-6-10-17)23(18-11-7-4-8-12-18)29(2,26(28)38)30(31)24(28)25(37)32(27(30)39)16-15-21(36)40-33-19(34)13-14-20(33)35/h3-12,24H,13-16H2,1-2H3. The largest absolute Gasteiger partial charge is 0.335 e. The second-order valence-electron chi connectivity index (χ2n) is 10.9. The van der Waals surface area contributed by atoms with Gasteiger partial charge in [-0.2, -0.15) is 0 Å². The first kappa shape index (κ1) is 26.3. The molecule has 2 bridgehead atoms. The van der Waals surface area contributed by atoms with Crippen LogP contribution in [0.5, 0.6) is 0 Å². The quantitative estimate of drug-likeness (QED) is 0.366. The van der Waals surface area contributed by atoms with Crippen molar-refractivity contribution in [2.75, 3.05) is 6.54 Å². The lowest BCUT2D eigenvalue weighted by Crippen LogP contribution is -2.50. The molecule has 2 aromatic carbocycles. The van der Waals surface area contributed by atoms with E-state index in [4.69, 9.17) is 4.84 Å². The van der Waals surface area contributed by atoms with E-state index in [0.717, 1.165) is 16.0 Å². The third-order valence-electron chi connectivity index (χ3n) is 8.83. The number of rotatable bonds is 6. The number of halogens is 1. The molecule has 2 aliphatic carbocycles. The number of carbonyl (C=O) groups excluding carboxylic acids is 6. The molecular formula is C30H25BrN2O7. The SMILES string of the molecule is CC12C(=O)C(C)(C(c3ccccc3)=C1c1ccccc1)C1(Br)C(=O)N(CCC(=O)ON3C(=O)CCC3=O)C(=O)C21. The Morgan fingerprint density at radius 3 is 1.95 bits per heavy atom. The molecule has 2 heterocycles. The smallest absolute Gasteiger partial charge is 0.330 e. The summed E-state index contributed by atoms with van der Waals surface area (Å²) >= 11 is 3.66. The molecule has 2 aromatic rings. The zero-order valence-corrected chi connectivity index (χ0v) is 23.4. The highest BCUT2D eigenvalue weighted by Crippen LogP contribution is 2.77.